The quantitative estimate of drug-likeness (QED) is 0.183. The molecule has 2 unspecified atom stereocenters. The second-order valence-corrected chi connectivity index (χ2v) is 15.8. The van der Waals surface area contributed by atoms with Crippen LogP contribution in [0.1, 0.15) is 52.1 Å². The molecule has 2 N–H and O–H groups in total. The maximum absolute atomic E-state index is 3.92. The Morgan fingerprint density at radius 1 is 0.492 bits per heavy atom. The lowest BCUT2D eigenvalue weighted by Crippen LogP contribution is -2.41. The molecule has 0 saturated heterocycles. The summed E-state index contributed by atoms with van der Waals surface area (Å²) in [6.45, 7) is 0. The predicted molar refractivity (Wildman–Crippen MR) is 246 cm³/mol. The molecule has 59 heavy (non-hydrogen) atoms. The summed E-state index contributed by atoms with van der Waals surface area (Å²) < 4.78 is 4.94. The largest absolute Gasteiger partial charge is 0.352 e. The molecule has 12 rings (SSSR count). The molecule has 2 aliphatic heterocycles. The van der Waals surface area contributed by atoms with Crippen molar-refractivity contribution in [1.29, 1.82) is 0 Å². The van der Waals surface area contributed by atoms with E-state index in [1.807, 2.05) is 0 Å². The van der Waals surface area contributed by atoms with Crippen LogP contribution in [0.25, 0.3) is 62.4 Å². The van der Waals surface area contributed by atoms with E-state index in [0.29, 0.717) is 0 Å². The first-order chi connectivity index (χ1) is 29.3. The topological polar surface area (TPSA) is 37.2 Å². The van der Waals surface area contributed by atoms with Crippen LogP contribution in [0.15, 0.2) is 182 Å². The number of rotatable bonds is 5. The van der Waals surface area contributed by atoms with Gasteiger partial charge in [-0.05, 0) is 102 Å². The van der Waals surface area contributed by atoms with Crippen molar-refractivity contribution in [2.45, 2.75) is 25.0 Å². The van der Waals surface area contributed by atoms with Crippen LogP contribution in [0, 0.1) is 0 Å². The Balaban J connectivity index is 1.05. The highest BCUT2D eigenvalue weighted by molar-refractivity contribution is 6.13. The summed E-state index contributed by atoms with van der Waals surface area (Å²) in [5.41, 5.74) is 15.7. The third-order valence-corrected chi connectivity index (χ3v) is 12.4. The van der Waals surface area contributed by atoms with E-state index in [1.165, 1.54) is 77.6 Å². The van der Waals surface area contributed by atoms with Crippen LogP contribution in [-0.4, -0.2) is 9.13 Å². The molecule has 0 saturated carbocycles. The molecule has 4 heterocycles. The average Bonchev–Trinajstić information content (AvgIpc) is 3.75. The smallest absolute Gasteiger partial charge is 0.110 e. The number of hydrogen-bond donors (Lipinski definition) is 2. The Kier molecular flexibility index (Phi) is 7.81. The van der Waals surface area contributed by atoms with Crippen LogP contribution < -0.4 is 15.5 Å². The molecule has 3 aliphatic rings. The molecule has 9 aromatic rings. The Hall–Kier alpha value is -7.34. The standard InChI is InChI=1S/C54H41N5/c1-4-16-36(17-5-1)46-35-53(56-54(55-46)38-19-6-2-7-20-38)59-49-27-15-12-23-42(49)44-33-41(30-31-50(44)59)58-48-26-14-11-24-43(48)45-34-51-39(32-52(45)58)29-28-37-18-10-13-25-47(37)57(51)40-21-8-3-9-22-40/h1-11,13-22,24-35,46,54-56H,12,23H2. The highest BCUT2D eigenvalue weighted by Crippen LogP contribution is 2.46. The fourth-order valence-corrected chi connectivity index (χ4v) is 9.68. The van der Waals surface area contributed by atoms with E-state index in [-0.39, 0.29) is 12.2 Å². The summed E-state index contributed by atoms with van der Waals surface area (Å²) in [5, 5.41) is 11.6. The third-order valence-electron chi connectivity index (χ3n) is 12.4. The van der Waals surface area contributed by atoms with E-state index in [1.54, 1.807) is 0 Å². The molecule has 0 fully saturated rings. The van der Waals surface area contributed by atoms with E-state index < -0.39 is 0 Å². The molecule has 2 atom stereocenters. The van der Waals surface area contributed by atoms with Gasteiger partial charge in [-0.25, -0.2) is 0 Å². The zero-order valence-corrected chi connectivity index (χ0v) is 32.5. The number of anilines is 3. The molecule has 0 amide bonds. The lowest BCUT2D eigenvalue weighted by molar-refractivity contribution is 0.434. The van der Waals surface area contributed by atoms with Crippen molar-refractivity contribution in [3.63, 3.8) is 0 Å². The number of nitrogens with zero attached hydrogens (tertiary/aromatic N) is 3. The van der Waals surface area contributed by atoms with Gasteiger partial charge in [0.2, 0.25) is 0 Å². The zero-order chi connectivity index (χ0) is 38.9. The monoisotopic (exact) mass is 759 g/mol. The number of hydrogen-bond acceptors (Lipinski definition) is 3. The van der Waals surface area contributed by atoms with Crippen LogP contribution in [-0.2, 0) is 6.42 Å². The predicted octanol–water partition coefficient (Wildman–Crippen LogP) is 13.1. The van der Waals surface area contributed by atoms with E-state index in [4.69, 9.17) is 0 Å². The molecule has 1 aliphatic carbocycles. The summed E-state index contributed by atoms with van der Waals surface area (Å²) in [7, 11) is 0. The van der Waals surface area contributed by atoms with Crippen LogP contribution in [0.5, 0.6) is 0 Å². The molecule has 2 aromatic heterocycles. The summed E-state index contributed by atoms with van der Waals surface area (Å²) in [4.78, 5) is 2.42. The maximum atomic E-state index is 3.92. The van der Waals surface area contributed by atoms with Gasteiger partial charge in [-0.2, -0.15) is 0 Å². The summed E-state index contributed by atoms with van der Waals surface area (Å²) in [6, 6.07) is 61.7. The molecule has 0 radical (unpaired) electrons. The molecule has 5 nitrogen and oxygen atoms in total. The highest BCUT2D eigenvalue weighted by Gasteiger charge is 2.29. The van der Waals surface area contributed by atoms with Crippen molar-refractivity contribution in [3.05, 3.63) is 216 Å². The normalized spacial score (nSPS) is 17.0. The molecule has 0 bridgehead atoms. The number of para-hydroxylation sites is 3. The van der Waals surface area contributed by atoms with Gasteiger partial charge >= 0.3 is 0 Å². The van der Waals surface area contributed by atoms with Gasteiger partial charge in [0.05, 0.1) is 39.7 Å². The third kappa shape index (κ3) is 5.50. The number of fused-ring (bicyclic) bond motifs is 8. The molecule has 0 spiro atoms. The Morgan fingerprint density at radius 3 is 2.05 bits per heavy atom. The number of aromatic nitrogens is 2. The second-order valence-electron chi connectivity index (χ2n) is 15.8. The second kappa shape index (κ2) is 13.7. The number of benzene rings is 7. The van der Waals surface area contributed by atoms with Gasteiger partial charge in [-0.1, -0.05) is 133 Å². The minimum atomic E-state index is -0.0614. The Morgan fingerprint density at radius 2 is 1.20 bits per heavy atom. The van der Waals surface area contributed by atoms with Gasteiger partial charge in [-0.3, -0.25) is 9.88 Å². The lowest BCUT2D eigenvalue weighted by atomic mass is 10.0. The van der Waals surface area contributed by atoms with Crippen molar-refractivity contribution in [1.82, 2.24) is 19.8 Å². The van der Waals surface area contributed by atoms with E-state index in [0.717, 1.165) is 30.0 Å². The molecule has 5 heteroatoms. The van der Waals surface area contributed by atoms with Crippen molar-refractivity contribution in [3.8, 4) is 5.69 Å². The average molecular weight is 760 g/mol. The lowest BCUT2D eigenvalue weighted by Gasteiger charge is -2.34. The van der Waals surface area contributed by atoms with Crippen LogP contribution in [0.4, 0.5) is 17.1 Å². The molecule has 7 aromatic carbocycles. The summed E-state index contributed by atoms with van der Waals surface area (Å²) >= 11 is 0. The number of nitrogens with one attached hydrogen (secondary N) is 2. The first-order valence-corrected chi connectivity index (χ1v) is 20.7. The Labute approximate surface area is 343 Å². The van der Waals surface area contributed by atoms with E-state index in [9.17, 15) is 0 Å². The first-order valence-electron chi connectivity index (χ1n) is 20.7. The van der Waals surface area contributed by atoms with Crippen LogP contribution in [0.3, 0.4) is 0 Å². The minimum absolute atomic E-state index is 0.0324. The van der Waals surface area contributed by atoms with Gasteiger partial charge in [0, 0.05) is 33.1 Å². The van der Waals surface area contributed by atoms with Gasteiger partial charge in [-0.15, -0.1) is 0 Å². The zero-order valence-electron chi connectivity index (χ0n) is 32.5. The van der Waals surface area contributed by atoms with Crippen LogP contribution >= 0.6 is 0 Å². The van der Waals surface area contributed by atoms with Crippen LogP contribution in [0.2, 0.25) is 0 Å². The van der Waals surface area contributed by atoms with Crippen molar-refractivity contribution in [2.75, 3.05) is 4.90 Å². The molecular formula is C54H41N5. The molecular weight excluding hydrogens is 719 g/mol. The van der Waals surface area contributed by atoms with E-state index >= 15 is 0 Å². The van der Waals surface area contributed by atoms with Gasteiger partial charge in [0.15, 0.2) is 0 Å². The first kappa shape index (κ1) is 33.8. The van der Waals surface area contributed by atoms with Crippen molar-refractivity contribution in [2.24, 2.45) is 0 Å². The fraction of sp³-hybridized carbons (Fsp3) is 0.0741. The molecule has 282 valence electrons. The summed E-state index contributed by atoms with van der Waals surface area (Å²) in [6.07, 6.45) is 13.5. The van der Waals surface area contributed by atoms with Gasteiger partial charge < -0.3 is 14.8 Å². The fourth-order valence-electron chi connectivity index (χ4n) is 9.68. The minimum Gasteiger partial charge on any atom is -0.352 e. The maximum Gasteiger partial charge on any atom is 0.110 e. The number of allylic oxidation sites excluding steroid dienone is 1. The van der Waals surface area contributed by atoms with Gasteiger partial charge in [0.25, 0.3) is 0 Å². The van der Waals surface area contributed by atoms with Crippen molar-refractivity contribution >= 4 is 73.8 Å². The van der Waals surface area contributed by atoms with Gasteiger partial charge in [0.1, 0.15) is 12.0 Å². The van der Waals surface area contributed by atoms with E-state index in [2.05, 4.69) is 225 Å². The number of aryl methyl sites for hydroxylation is 1. The SMILES string of the molecule is C1=Cc2c(c3cc(-n4c5ccccc5c5cc6c(cc54)C=Cc4ccccc4N6c4ccccc4)ccc3n2C2=CC(c3ccccc3)NC(c3ccccc3)N2)CC1. The summed E-state index contributed by atoms with van der Waals surface area (Å²) in [5.74, 6) is 1.09. The Bertz CT molecular complexity index is 3170. The highest BCUT2D eigenvalue weighted by atomic mass is 15.3. The van der Waals surface area contributed by atoms with Crippen molar-refractivity contribution < 1.29 is 0 Å².